The van der Waals surface area contributed by atoms with E-state index in [9.17, 15) is 22.2 Å². The van der Waals surface area contributed by atoms with Crippen LogP contribution in [0.1, 0.15) is 40.4 Å². The maximum Gasteiger partial charge on any atom is 0.573 e. The molecule has 0 saturated carbocycles. The van der Waals surface area contributed by atoms with Gasteiger partial charge in [0.15, 0.2) is 5.65 Å². The zero-order valence-electron chi connectivity index (χ0n) is 19.7. The summed E-state index contributed by atoms with van der Waals surface area (Å²) in [6, 6.07) is 11.1. The highest BCUT2D eigenvalue weighted by Crippen LogP contribution is 2.28. The number of hydrogen-bond acceptors (Lipinski definition) is 7. The van der Waals surface area contributed by atoms with Gasteiger partial charge in [0.25, 0.3) is 5.91 Å². The number of aromatic nitrogens is 4. The number of fused-ring (bicyclic) bond motifs is 1. The van der Waals surface area contributed by atoms with E-state index in [2.05, 4.69) is 25.0 Å². The first-order valence-electron chi connectivity index (χ1n) is 10.7. The number of halogens is 3. The van der Waals surface area contributed by atoms with Crippen molar-refractivity contribution in [3.8, 4) is 17.6 Å². The number of benzene rings is 1. The van der Waals surface area contributed by atoms with E-state index in [-0.39, 0.29) is 10.5 Å². The SMILES string of the molecule is Cc1ccc2nc(C(C)NC(=O)c3cc(OC(F)(F)F)cc(S(C)=O)c3)n(-c3ccc(C#N)cn3)c2n1. The Morgan fingerprint density at radius 1 is 1.19 bits per heavy atom. The predicted molar refractivity (Wildman–Crippen MR) is 127 cm³/mol. The molecule has 4 rings (SSSR count). The minimum Gasteiger partial charge on any atom is -0.406 e. The van der Waals surface area contributed by atoms with Crippen LogP contribution >= 0.6 is 0 Å². The molecule has 3 aromatic heterocycles. The Morgan fingerprint density at radius 2 is 1.95 bits per heavy atom. The molecule has 3 heterocycles. The summed E-state index contributed by atoms with van der Waals surface area (Å²) in [6.07, 6.45) is -2.32. The normalized spacial score (nSPS) is 13.1. The molecule has 2 atom stereocenters. The summed E-state index contributed by atoms with van der Waals surface area (Å²) in [7, 11) is -1.67. The Morgan fingerprint density at radius 3 is 2.57 bits per heavy atom. The van der Waals surface area contributed by atoms with E-state index < -0.39 is 34.9 Å². The van der Waals surface area contributed by atoms with Crippen LogP contribution in [-0.4, -0.2) is 42.3 Å². The molecule has 0 spiro atoms. The van der Waals surface area contributed by atoms with Crippen LogP contribution in [-0.2, 0) is 10.8 Å². The Bertz CT molecular complexity index is 1560. The molecule has 0 fully saturated rings. The zero-order valence-corrected chi connectivity index (χ0v) is 20.5. The smallest absolute Gasteiger partial charge is 0.406 e. The van der Waals surface area contributed by atoms with Crippen LogP contribution in [0.15, 0.2) is 53.6 Å². The number of carbonyl (C=O) groups excluding carboxylic acids is 1. The minimum absolute atomic E-state index is 0.00625. The molecule has 0 radical (unpaired) electrons. The molecule has 1 N–H and O–H groups in total. The highest BCUT2D eigenvalue weighted by molar-refractivity contribution is 7.84. The Hall–Kier alpha value is -4.31. The lowest BCUT2D eigenvalue weighted by Gasteiger charge is -2.17. The predicted octanol–water partition coefficient (Wildman–Crippen LogP) is 4.12. The molecule has 0 bridgehead atoms. The second-order valence-corrected chi connectivity index (χ2v) is 9.39. The quantitative estimate of drug-likeness (QED) is 0.399. The summed E-state index contributed by atoms with van der Waals surface area (Å²) in [4.78, 5) is 26.5. The van der Waals surface area contributed by atoms with Gasteiger partial charge < -0.3 is 10.1 Å². The first kappa shape index (κ1) is 25.8. The molecule has 37 heavy (non-hydrogen) atoms. The van der Waals surface area contributed by atoms with Crippen molar-refractivity contribution in [2.24, 2.45) is 0 Å². The van der Waals surface area contributed by atoms with Crippen molar-refractivity contribution in [1.29, 1.82) is 5.26 Å². The van der Waals surface area contributed by atoms with Crippen molar-refractivity contribution >= 4 is 27.9 Å². The molecule has 0 aliphatic heterocycles. The maximum atomic E-state index is 13.1. The Kier molecular flexibility index (Phi) is 6.95. The van der Waals surface area contributed by atoms with Crippen molar-refractivity contribution in [2.75, 3.05) is 6.26 Å². The topological polar surface area (TPSA) is 123 Å². The number of aryl methyl sites for hydroxylation is 1. The fourth-order valence-electron chi connectivity index (χ4n) is 3.58. The third-order valence-corrected chi connectivity index (χ3v) is 6.12. The van der Waals surface area contributed by atoms with E-state index in [4.69, 9.17) is 5.26 Å². The summed E-state index contributed by atoms with van der Waals surface area (Å²) in [6.45, 7) is 3.44. The molecule has 2 unspecified atom stereocenters. The highest BCUT2D eigenvalue weighted by atomic mass is 32.2. The monoisotopic (exact) mass is 528 g/mol. The van der Waals surface area contributed by atoms with Crippen LogP contribution in [0.25, 0.3) is 17.0 Å². The fraction of sp³-hybridized carbons (Fsp3) is 0.208. The average molecular weight is 529 g/mol. The third-order valence-electron chi connectivity index (χ3n) is 5.22. The van der Waals surface area contributed by atoms with Gasteiger partial charge in [0, 0.05) is 39.4 Å². The maximum absolute atomic E-state index is 13.1. The van der Waals surface area contributed by atoms with Crippen LogP contribution in [0.5, 0.6) is 5.75 Å². The summed E-state index contributed by atoms with van der Waals surface area (Å²) < 4.78 is 55.9. The zero-order chi connectivity index (χ0) is 26.9. The lowest BCUT2D eigenvalue weighted by Crippen LogP contribution is -2.29. The number of ether oxygens (including phenoxy) is 1. The number of rotatable bonds is 6. The molecule has 4 aromatic rings. The van der Waals surface area contributed by atoms with Crippen molar-refractivity contribution < 1.29 is 26.9 Å². The lowest BCUT2D eigenvalue weighted by molar-refractivity contribution is -0.274. The Labute approximate surface area is 211 Å². The molecule has 0 aliphatic carbocycles. The molecular weight excluding hydrogens is 509 g/mol. The van der Waals surface area contributed by atoms with Gasteiger partial charge in [0.2, 0.25) is 0 Å². The van der Waals surface area contributed by atoms with Crippen LogP contribution in [0.4, 0.5) is 13.2 Å². The van der Waals surface area contributed by atoms with Gasteiger partial charge in [-0.05, 0) is 56.3 Å². The second kappa shape index (κ2) is 9.98. The number of carbonyl (C=O) groups is 1. The van der Waals surface area contributed by atoms with Crippen LogP contribution in [0.2, 0.25) is 0 Å². The van der Waals surface area contributed by atoms with Crippen LogP contribution in [0.3, 0.4) is 0 Å². The summed E-state index contributed by atoms with van der Waals surface area (Å²) in [5, 5.41) is 11.8. The molecule has 1 amide bonds. The molecule has 190 valence electrons. The molecule has 0 aliphatic rings. The average Bonchev–Trinajstić information content (AvgIpc) is 3.21. The van der Waals surface area contributed by atoms with E-state index in [1.165, 1.54) is 18.5 Å². The van der Waals surface area contributed by atoms with Crippen LogP contribution in [0, 0.1) is 18.3 Å². The van der Waals surface area contributed by atoms with E-state index in [0.29, 0.717) is 34.1 Å². The number of imidazole rings is 1. The lowest BCUT2D eigenvalue weighted by atomic mass is 10.2. The van der Waals surface area contributed by atoms with Gasteiger partial charge in [-0.3, -0.25) is 13.6 Å². The van der Waals surface area contributed by atoms with Crippen molar-refractivity contribution in [2.45, 2.75) is 31.1 Å². The molecule has 13 heteroatoms. The number of pyridine rings is 2. The third kappa shape index (κ3) is 5.75. The van der Waals surface area contributed by atoms with Crippen molar-refractivity contribution in [3.63, 3.8) is 0 Å². The molecule has 9 nitrogen and oxygen atoms in total. The first-order valence-corrected chi connectivity index (χ1v) is 12.3. The van der Waals surface area contributed by atoms with E-state index in [0.717, 1.165) is 12.1 Å². The van der Waals surface area contributed by atoms with Crippen LogP contribution < -0.4 is 10.1 Å². The number of nitrogens with zero attached hydrogens (tertiary/aromatic N) is 5. The van der Waals surface area contributed by atoms with Gasteiger partial charge in [-0.1, -0.05) is 0 Å². The number of nitrogens with one attached hydrogen (secondary N) is 1. The fourth-order valence-corrected chi connectivity index (χ4v) is 4.15. The minimum atomic E-state index is -4.99. The van der Waals surface area contributed by atoms with E-state index >= 15 is 0 Å². The van der Waals surface area contributed by atoms with Crippen molar-refractivity contribution in [1.82, 2.24) is 24.8 Å². The van der Waals surface area contributed by atoms with Gasteiger partial charge in [-0.25, -0.2) is 15.0 Å². The molecule has 1 aromatic carbocycles. The number of hydrogen-bond donors (Lipinski definition) is 1. The standard InChI is InChI=1S/C24H19F3N6O3S/c1-13-4-6-19-22(30-13)33(20-7-5-15(11-28)12-29-20)21(32-19)14(2)31-23(34)16-8-17(36-24(25,26)27)10-18(9-16)37(3)35/h4-10,12,14H,1-3H3,(H,31,34). The van der Waals surface area contributed by atoms with Gasteiger partial charge in [0.1, 0.15) is 29.0 Å². The summed E-state index contributed by atoms with van der Waals surface area (Å²) in [5.41, 5.74) is 1.89. The van der Waals surface area contributed by atoms with E-state index in [1.54, 1.807) is 42.7 Å². The number of nitriles is 1. The highest BCUT2D eigenvalue weighted by Gasteiger charge is 2.32. The number of amides is 1. The van der Waals surface area contributed by atoms with E-state index in [1.807, 2.05) is 6.07 Å². The molecular formula is C24H19F3N6O3S. The second-order valence-electron chi connectivity index (χ2n) is 8.01. The van der Waals surface area contributed by atoms with Gasteiger partial charge in [0.05, 0.1) is 11.6 Å². The first-order chi connectivity index (χ1) is 17.4. The molecule has 0 saturated heterocycles. The van der Waals surface area contributed by atoms with Gasteiger partial charge in [-0.2, -0.15) is 5.26 Å². The Balaban J connectivity index is 1.73. The number of alkyl halides is 3. The summed E-state index contributed by atoms with van der Waals surface area (Å²) in [5.74, 6) is -0.644. The van der Waals surface area contributed by atoms with Crippen molar-refractivity contribution in [3.05, 3.63) is 71.3 Å². The van der Waals surface area contributed by atoms with Gasteiger partial charge in [-0.15, -0.1) is 13.2 Å². The largest absolute Gasteiger partial charge is 0.573 e. The van der Waals surface area contributed by atoms with Gasteiger partial charge >= 0.3 is 6.36 Å². The summed E-state index contributed by atoms with van der Waals surface area (Å²) >= 11 is 0.